The molecule has 0 aromatic heterocycles. The number of hydrogen-bond acceptors (Lipinski definition) is 3. The first-order valence-electron chi connectivity index (χ1n) is 7.26. The molecule has 20 heavy (non-hydrogen) atoms. The lowest BCUT2D eigenvalue weighted by molar-refractivity contribution is -0.134. The van der Waals surface area contributed by atoms with Crippen LogP contribution in [0.1, 0.15) is 24.0 Å². The van der Waals surface area contributed by atoms with E-state index >= 15 is 0 Å². The number of hydrogen-bond donors (Lipinski definition) is 1. The van der Waals surface area contributed by atoms with Crippen molar-refractivity contribution >= 4 is 5.91 Å². The van der Waals surface area contributed by atoms with Crippen LogP contribution < -0.4 is 10.1 Å². The van der Waals surface area contributed by atoms with E-state index in [-0.39, 0.29) is 12.5 Å². The molecule has 1 aromatic rings. The number of nitrogens with one attached hydrogen (secondary N) is 1. The van der Waals surface area contributed by atoms with E-state index in [0.29, 0.717) is 6.04 Å². The number of nitrogens with zero attached hydrogens (tertiary/aromatic N) is 1. The minimum Gasteiger partial charge on any atom is -0.483 e. The molecule has 0 aliphatic carbocycles. The lowest BCUT2D eigenvalue weighted by Crippen LogP contribution is -2.43. The van der Waals surface area contributed by atoms with Gasteiger partial charge in [-0.2, -0.15) is 0 Å². The molecule has 1 aliphatic heterocycles. The molecule has 1 aromatic carbocycles. The van der Waals surface area contributed by atoms with Crippen molar-refractivity contribution in [2.24, 2.45) is 0 Å². The molecule has 1 fully saturated rings. The molecule has 110 valence electrons. The van der Waals surface area contributed by atoms with Crippen molar-refractivity contribution in [2.75, 3.05) is 26.7 Å². The zero-order valence-electron chi connectivity index (χ0n) is 12.6. The maximum absolute atomic E-state index is 12.3. The highest BCUT2D eigenvalue weighted by molar-refractivity contribution is 5.78. The summed E-state index contributed by atoms with van der Waals surface area (Å²) in [5.41, 5.74) is 2.15. The van der Waals surface area contributed by atoms with Gasteiger partial charge in [0.1, 0.15) is 5.75 Å². The normalized spacial score (nSPS) is 18.4. The van der Waals surface area contributed by atoms with Gasteiger partial charge in [-0.05, 0) is 44.9 Å². The van der Waals surface area contributed by atoms with Crippen molar-refractivity contribution in [1.29, 1.82) is 0 Å². The third kappa shape index (κ3) is 3.31. The second-order valence-corrected chi connectivity index (χ2v) is 5.45. The molecule has 0 saturated carbocycles. The summed E-state index contributed by atoms with van der Waals surface area (Å²) in [5.74, 6) is 0.926. The first kappa shape index (κ1) is 14.9. The van der Waals surface area contributed by atoms with Crippen LogP contribution in [0.25, 0.3) is 0 Å². The zero-order chi connectivity index (χ0) is 14.5. The smallest absolute Gasteiger partial charge is 0.260 e. The molecule has 1 heterocycles. The highest BCUT2D eigenvalue weighted by Crippen LogP contribution is 2.23. The topological polar surface area (TPSA) is 41.6 Å². The third-order valence-corrected chi connectivity index (χ3v) is 3.89. The van der Waals surface area contributed by atoms with Crippen LogP contribution in [0.5, 0.6) is 5.75 Å². The Labute approximate surface area is 121 Å². The molecule has 2 rings (SSSR count). The lowest BCUT2D eigenvalue weighted by Gasteiger charge is -2.24. The van der Waals surface area contributed by atoms with Gasteiger partial charge in [0.15, 0.2) is 6.61 Å². The predicted octanol–water partition coefficient (Wildman–Crippen LogP) is 1.89. The molecule has 1 amide bonds. The minimum absolute atomic E-state index is 0.0883. The maximum atomic E-state index is 12.3. The largest absolute Gasteiger partial charge is 0.483 e. The van der Waals surface area contributed by atoms with Gasteiger partial charge >= 0.3 is 0 Å². The van der Waals surface area contributed by atoms with Gasteiger partial charge in [-0.1, -0.05) is 18.2 Å². The number of aryl methyl sites for hydroxylation is 2. The van der Waals surface area contributed by atoms with E-state index in [9.17, 15) is 4.79 Å². The Morgan fingerprint density at radius 2 is 2.10 bits per heavy atom. The van der Waals surface area contributed by atoms with E-state index in [0.717, 1.165) is 42.8 Å². The SMILES string of the molecule is CNC[C@H]1CCCN1C(=O)COc1c(C)cccc1C. The number of para-hydroxylation sites is 1. The molecular formula is C16H24N2O2. The van der Waals surface area contributed by atoms with Gasteiger partial charge in [0.2, 0.25) is 0 Å². The first-order chi connectivity index (χ1) is 9.63. The van der Waals surface area contributed by atoms with Crippen molar-refractivity contribution in [3.63, 3.8) is 0 Å². The average Bonchev–Trinajstić information content (AvgIpc) is 2.87. The summed E-state index contributed by atoms with van der Waals surface area (Å²) in [7, 11) is 1.92. The van der Waals surface area contributed by atoms with Gasteiger partial charge in [0, 0.05) is 19.1 Å². The fraction of sp³-hybridized carbons (Fsp3) is 0.562. The molecule has 1 N–H and O–H groups in total. The van der Waals surface area contributed by atoms with Crippen molar-refractivity contribution in [2.45, 2.75) is 32.7 Å². The van der Waals surface area contributed by atoms with Crippen LogP contribution in [0, 0.1) is 13.8 Å². The highest BCUT2D eigenvalue weighted by atomic mass is 16.5. The summed E-state index contributed by atoms with van der Waals surface area (Å²) in [6.45, 7) is 5.85. The van der Waals surface area contributed by atoms with E-state index < -0.39 is 0 Å². The Bertz CT molecular complexity index is 453. The van der Waals surface area contributed by atoms with Crippen LogP contribution in [0.15, 0.2) is 18.2 Å². The molecule has 0 bridgehead atoms. The summed E-state index contributed by atoms with van der Waals surface area (Å²) in [5, 5.41) is 3.15. The number of likely N-dealkylation sites (N-methyl/N-ethyl adjacent to an activating group) is 1. The van der Waals surface area contributed by atoms with Crippen LogP contribution in [0.4, 0.5) is 0 Å². The molecule has 1 atom stereocenters. The minimum atomic E-state index is 0.0883. The fourth-order valence-electron chi connectivity index (χ4n) is 2.86. The molecule has 0 spiro atoms. The summed E-state index contributed by atoms with van der Waals surface area (Å²) in [6.07, 6.45) is 2.16. The highest BCUT2D eigenvalue weighted by Gasteiger charge is 2.28. The Morgan fingerprint density at radius 3 is 2.75 bits per heavy atom. The number of amides is 1. The summed E-state index contributed by atoms with van der Waals surface area (Å²) in [4.78, 5) is 14.2. The van der Waals surface area contributed by atoms with Crippen molar-refractivity contribution in [1.82, 2.24) is 10.2 Å². The Balaban J connectivity index is 1.95. The zero-order valence-corrected chi connectivity index (χ0v) is 12.6. The van der Waals surface area contributed by atoms with Crippen LogP contribution in [0.3, 0.4) is 0 Å². The van der Waals surface area contributed by atoms with Gasteiger partial charge < -0.3 is 15.0 Å². The predicted molar refractivity (Wildman–Crippen MR) is 80.1 cm³/mol. The molecule has 1 saturated heterocycles. The van der Waals surface area contributed by atoms with E-state index in [1.807, 2.05) is 44.0 Å². The second-order valence-electron chi connectivity index (χ2n) is 5.45. The van der Waals surface area contributed by atoms with Crippen molar-refractivity contribution < 1.29 is 9.53 Å². The molecule has 4 heteroatoms. The molecule has 4 nitrogen and oxygen atoms in total. The van der Waals surface area contributed by atoms with Gasteiger partial charge in [-0.25, -0.2) is 0 Å². The second kappa shape index (κ2) is 6.75. The lowest BCUT2D eigenvalue weighted by atomic mass is 10.1. The quantitative estimate of drug-likeness (QED) is 0.893. The van der Waals surface area contributed by atoms with Crippen LogP contribution in [0.2, 0.25) is 0 Å². The number of likely N-dealkylation sites (tertiary alicyclic amines) is 1. The van der Waals surface area contributed by atoms with Crippen LogP contribution in [-0.2, 0) is 4.79 Å². The number of ether oxygens (including phenoxy) is 1. The maximum Gasteiger partial charge on any atom is 0.260 e. The van der Waals surface area contributed by atoms with Gasteiger partial charge in [0.05, 0.1) is 0 Å². The van der Waals surface area contributed by atoms with Gasteiger partial charge in [-0.3, -0.25) is 4.79 Å². The monoisotopic (exact) mass is 276 g/mol. The van der Waals surface area contributed by atoms with Crippen LogP contribution in [-0.4, -0.2) is 43.6 Å². The van der Waals surface area contributed by atoms with Crippen molar-refractivity contribution in [3.8, 4) is 5.75 Å². The molecule has 0 unspecified atom stereocenters. The van der Waals surface area contributed by atoms with Gasteiger partial charge in [0.25, 0.3) is 5.91 Å². The van der Waals surface area contributed by atoms with E-state index in [4.69, 9.17) is 4.74 Å². The summed E-state index contributed by atoms with van der Waals surface area (Å²) >= 11 is 0. The molecular weight excluding hydrogens is 252 g/mol. The Kier molecular flexibility index (Phi) is 5.01. The first-order valence-corrected chi connectivity index (χ1v) is 7.26. The molecule has 0 radical (unpaired) electrons. The number of carbonyl (C=O) groups is 1. The van der Waals surface area contributed by atoms with E-state index in [1.165, 1.54) is 0 Å². The van der Waals surface area contributed by atoms with E-state index in [1.54, 1.807) is 0 Å². The van der Waals surface area contributed by atoms with E-state index in [2.05, 4.69) is 5.32 Å². The number of rotatable bonds is 5. The summed E-state index contributed by atoms with van der Waals surface area (Å²) in [6, 6.07) is 6.33. The van der Waals surface area contributed by atoms with Gasteiger partial charge in [-0.15, -0.1) is 0 Å². The molecule has 1 aliphatic rings. The standard InChI is InChI=1S/C16H24N2O2/c1-12-6-4-7-13(2)16(12)20-11-15(19)18-9-5-8-14(18)10-17-3/h4,6-7,14,17H,5,8-11H2,1-3H3/t14-/m1/s1. The fourth-order valence-corrected chi connectivity index (χ4v) is 2.86. The Hall–Kier alpha value is -1.55. The third-order valence-electron chi connectivity index (χ3n) is 3.89. The number of benzene rings is 1. The number of carbonyl (C=O) groups excluding carboxylic acids is 1. The van der Waals surface area contributed by atoms with Crippen molar-refractivity contribution in [3.05, 3.63) is 29.3 Å². The Morgan fingerprint density at radius 1 is 1.40 bits per heavy atom. The average molecular weight is 276 g/mol. The van der Waals surface area contributed by atoms with Crippen LogP contribution >= 0.6 is 0 Å². The summed E-state index contributed by atoms with van der Waals surface area (Å²) < 4.78 is 5.76.